The highest BCUT2D eigenvalue weighted by molar-refractivity contribution is 5.74. The van der Waals surface area contributed by atoms with Crippen LogP contribution in [0.4, 0.5) is 0 Å². The Balaban J connectivity index is 2.52. The van der Waals surface area contributed by atoms with Gasteiger partial charge in [0.1, 0.15) is 0 Å². The third-order valence-corrected chi connectivity index (χ3v) is 2.98. The summed E-state index contributed by atoms with van der Waals surface area (Å²) in [6, 6.07) is 0.288. The zero-order chi connectivity index (χ0) is 10.7. The van der Waals surface area contributed by atoms with Crippen LogP contribution in [0.25, 0.3) is 0 Å². The molecule has 0 radical (unpaired) electrons. The lowest BCUT2D eigenvalue weighted by Crippen LogP contribution is -2.38. The van der Waals surface area contributed by atoms with Gasteiger partial charge < -0.3 is 10.6 Å². The van der Waals surface area contributed by atoms with Gasteiger partial charge >= 0.3 is 0 Å². The Morgan fingerprint density at radius 1 is 1.57 bits per heavy atom. The topological polar surface area (TPSA) is 46.3 Å². The van der Waals surface area contributed by atoms with Gasteiger partial charge in [-0.2, -0.15) is 0 Å². The molecule has 2 atom stereocenters. The number of carbonyl (C=O) groups is 1. The van der Waals surface area contributed by atoms with Gasteiger partial charge in [0, 0.05) is 26.1 Å². The van der Waals surface area contributed by atoms with Crippen LogP contribution in [-0.4, -0.2) is 29.9 Å². The molecule has 0 saturated carbocycles. The number of likely N-dealkylation sites (tertiary alicyclic amines) is 1. The summed E-state index contributed by atoms with van der Waals surface area (Å²) in [5, 5.41) is 0. The van der Waals surface area contributed by atoms with Gasteiger partial charge in [-0.05, 0) is 24.7 Å². The fourth-order valence-electron chi connectivity index (χ4n) is 2.46. The van der Waals surface area contributed by atoms with Gasteiger partial charge in [0.2, 0.25) is 5.91 Å². The first-order chi connectivity index (χ1) is 6.54. The molecule has 1 heterocycles. The number of carbonyl (C=O) groups excluding carboxylic acids is 1. The van der Waals surface area contributed by atoms with E-state index in [0.29, 0.717) is 18.4 Å². The van der Waals surface area contributed by atoms with Crippen LogP contribution in [0.2, 0.25) is 0 Å². The average molecular weight is 198 g/mol. The quantitative estimate of drug-likeness (QED) is 0.741. The number of hydrogen-bond acceptors (Lipinski definition) is 2. The third-order valence-electron chi connectivity index (χ3n) is 2.98. The van der Waals surface area contributed by atoms with E-state index >= 15 is 0 Å². The van der Waals surface area contributed by atoms with Crippen LogP contribution >= 0.6 is 0 Å². The summed E-state index contributed by atoms with van der Waals surface area (Å²) >= 11 is 0. The van der Waals surface area contributed by atoms with Crippen molar-refractivity contribution in [3.05, 3.63) is 0 Å². The molecule has 0 aliphatic carbocycles. The second-order valence-electron chi connectivity index (χ2n) is 4.79. The second kappa shape index (κ2) is 4.78. The summed E-state index contributed by atoms with van der Waals surface area (Å²) in [6.07, 6.45) is 2.30. The molecule has 82 valence electrons. The van der Waals surface area contributed by atoms with Crippen LogP contribution in [-0.2, 0) is 4.79 Å². The van der Waals surface area contributed by atoms with Crippen molar-refractivity contribution in [2.45, 2.75) is 39.7 Å². The molecule has 1 amide bonds. The fraction of sp³-hybridized carbons (Fsp3) is 0.909. The van der Waals surface area contributed by atoms with E-state index in [1.807, 2.05) is 4.90 Å². The Morgan fingerprint density at radius 2 is 2.21 bits per heavy atom. The molecule has 14 heavy (non-hydrogen) atoms. The molecule has 0 aromatic heterocycles. The summed E-state index contributed by atoms with van der Waals surface area (Å²) in [7, 11) is 0. The maximum atomic E-state index is 11.3. The van der Waals surface area contributed by atoms with Gasteiger partial charge in [0.05, 0.1) is 0 Å². The van der Waals surface area contributed by atoms with Crippen molar-refractivity contribution < 1.29 is 4.79 Å². The standard InChI is InChI=1S/C11H22N2O/c1-8(2)4-10-5-11(6-12)13(7-10)9(3)14/h8,10-11H,4-7,12H2,1-3H3. The Kier molecular flexibility index (Phi) is 3.93. The maximum Gasteiger partial charge on any atom is 0.219 e. The Bertz CT molecular complexity index is 203. The lowest BCUT2D eigenvalue weighted by Gasteiger charge is -2.21. The molecule has 1 aliphatic heterocycles. The van der Waals surface area contributed by atoms with Crippen molar-refractivity contribution in [1.82, 2.24) is 4.90 Å². The summed E-state index contributed by atoms with van der Waals surface area (Å²) < 4.78 is 0. The minimum atomic E-state index is 0.173. The molecule has 1 fully saturated rings. The molecule has 1 aliphatic rings. The van der Waals surface area contributed by atoms with Gasteiger partial charge in [-0.1, -0.05) is 13.8 Å². The van der Waals surface area contributed by atoms with Crippen molar-refractivity contribution in [1.29, 1.82) is 0 Å². The molecule has 0 aromatic carbocycles. The van der Waals surface area contributed by atoms with Crippen molar-refractivity contribution in [2.24, 2.45) is 17.6 Å². The first-order valence-electron chi connectivity index (χ1n) is 5.51. The molecular weight excluding hydrogens is 176 g/mol. The average Bonchev–Trinajstić information content (AvgIpc) is 2.46. The number of amides is 1. The number of nitrogens with zero attached hydrogens (tertiary/aromatic N) is 1. The molecular formula is C11H22N2O. The second-order valence-corrected chi connectivity index (χ2v) is 4.79. The summed E-state index contributed by atoms with van der Waals surface area (Å²) in [5.74, 6) is 1.55. The Morgan fingerprint density at radius 3 is 2.57 bits per heavy atom. The van der Waals surface area contributed by atoms with Crippen LogP contribution in [0.3, 0.4) is 0 Å². The van der Waals surface area contributed by atoms with E-state index in [2.05, 4.69) is 13.8 Å². The predicted molar refractivity (Wildman–Crippen MR) is 57.8 cm³/mol. The molecule has 1 rings (SSSR count). The summed E-state index contributed by atoms with van der Waals surface area (Å²) in [4.78, 5) is 13.3. The van der Waals surface area contributed by atoms with E-state index in [9.17, 15) is 4.79 Å². The molecule has 3 heteroatoms. The monoisotopic (exact) mass is 198 g/mol. The van der Waals surface area contributed by atoms with Crippen molar-refractivity contribution in [3.8, 4) is 0 Å². The number of nitrogens with two attached hydrogens (primary N) is 1. The van der Waals surface area contributed by atoms with Crippen molar-refractivity contribution >= 4 is 5.91 Å². The highest BCUT2D eigenvalue weighted by Crippen LogP contribution is 2.27. The normalized spacial score (nSPS) is 27.4. The minimum absolute atomic E-state index is 0.173. The molecule has 0 bridgehead atoms. The number of hydrogen-bond donors (Lipinski definition) is 1. The molecule has 3 nitrogen and oxygen atoms in total. The van der Waals surface area contributed by atoms with E-state index in [0.717, 1.165) is 13.0 Å². The smallest absolute Gasteiger partial charge is 0.219 e. The Hall–Kier alpha value is -0.570. The largest absolute Gasteiger partial charge is 0.338 e. The lowest BCUT2D eigenvalue weighted by atomic mass is 9.95. The molecule has 0 spiro atoms. The fourth-order valence-corrected chi connectivity index (χ4v) is 2.46. The van der Waals surface area contributed by atoms with Crippen LogP contribution in [0.5, 0.6) is 0 Å². The van der Waals surface area contributed by atoms with Crippen LogP contribution in [0, 0.1) is 11.8 Å². The molecule has 2 N–H and O–H groups in total. The lowest BCUT2D eigenvalue weighted by molar-refractivity contribution is -0.129. The van der Waals surface area contributed by atoms with E-state index in [-0.39, 0.29) is 11.9 Å². The van der Waals surface area contributed by atoms with E-state index < -0.39 is 0 Å². The van der Waals surface area contributed by atoms with Crippen LogP contribution in [0.15, 0.2) is 0 Å². The van der Waals surface area contributed by atoms with Gasteiger partial charge in [0.25, 0.3) is 0 Å². The third kappa shape index (κ3) is 2.71. The van der Waals surface area contributed by atoms with E-state index in [4.69, 9.17) is 5.73 Å². The highest BCUT2D eigenvalue weighted by atomic mass is 16.2. The summed E-state index contributed by atoms with van der Waals surface area (Å²) in [6.45, 7) is 7.62. The first-order valence-corrected chi connectivity index (χ1v) is 5.51. The zero-order valence-corrected chi connectivity index (χ0v) is 9.49. The summed E-state index contributed by atoms with van der Waals surface area (Å²) in [5.41, 5.74) is 5.66. The van der Waals surface area contributed by atoms with Gasteiger partial charge in [-0.15, -0.1) is 0 Å². The molecule has 0 aromatic rings. The van der Waals surface area contributed by atoms with Gasteiger partial charge in [-0.3, -0.25) is 4.79 Å². The van der Waals surface area contributed by atoms with Crippen LogP contribution in [0.1, 0.15) is 33.6 Å². The van der Waals surface area contributed by atoms with E-state index in [1.165, 1.54) is 6.42 Å². The molecule has 2 unspecified atom stereocenters. The van der Waals surface area contributed by atoms with Gasteiger partial charge in [-0.25, -0.2) is 0 Å². The minimum Gasteiger partial charge on any atom is -0.338 e. The maximum absolute atomic E-state index is 11.3. The molecule has 1 saturated heterocycles. The SMILES string of the molecule is CC(=O)N1CC(CC(C)C)CC1CN. The number of rotatable bonds is 3. The van der Waals surface area contributed by atoms with Crippen LogP contribution < -0.4 is 5.73 Å². The predicted octanol–water partition coefficient (Wildman–Crippen LogP) is 1.23. The van der Waals surface area contributed by atoms with Crippen molar-refractivity contribution in [2.75, 3.05) is 13.1 Å². The zero-order valence-electron chi connectivity index (χ0n) is 9.49. The Labute approximate surface area is 86.6 Å². The first kappa shape index (κ1) is 11.5. The highest BCUT2D eigenvalue weighted by Gasteiger charge is 2.32. The van der Waals surface area contributed by atoms with Crippen molar-refractivity contribution in [3.63, 3.8) is 0 Å². The van der Waals surface area contributed by atoms with E-state index in [1.54, 1.807) is 6.92 Å². The van der Waals surface area contributed by atoms with Gasteiger partial charge in [0.15, 0.2) is 0 Å².